The van der Waals surface area contributed by atoms with Crippen molar-refractivity contribution in [2.24, 2.45) is 0 Å². The summed E-state index contributed by atoms with van der Waals surface area (Å²) in [6.07, 6.45) is -0.849. The van der Waals surface area contributed by atoms with Crippen LogP contribution in [0.3, 0.4) is 0 Å². The summed E-state index contributed by atoms with van der Waals surface area (Å²) in [6, 6.07) is 9.26. The zero-order valence-corrected chi connectivity index (χ0v) is 12.8. The van der Waals surface area contributed by atoms with Crippen LogP contribution in [0.15, 0.2) is 36.4 Å². The molecule has 0 aromatic heterocycles. The van der Waals surface area contributed by atoms with E-state index in [1.54, 1.807) is 24.3 Å². The van der Waals surface area contributed by atoms with Crippen LogP contribution in [0, 0.1) is 5.82 Å². The van der Waals surface area contributed by atoms with Gasteiger partial charge in [0, 0.05) is 13.1 Å². The molecular weight excluding hydrogens is 309 g/mol. The van der Waals surface area contributed by atoms with Crippen LogP contribution in [0.5, 0.6) is 11.5 Å². The van der Waals surface area contributed by atoms with E-state index in [-0.39, 0.29) is 17.3 Å². The number of halogens is 2. The molecule has 0 aliphatic heterocycles. The van der Waals surface area contributed by atoms with Crippen molar-refractivity contribution in [3.05, 3.63) is 58.4 Å². The summed E-state index contributed by atoms with van der Waals surface area (Å²) in [5.41, 5.74) is 1.29. The molecule has 0 fully saturated rings. The van der Waals surface area contributed by atoms with E-state index in [2.05, 4.69) is 5.32 Å². The number of phenols is 1. The molecule has 0 bridgehead atoms. The third-order valence-electron chi connectivity index (χ3n) is 3.24. The van der Waals surface area contributed by atoms with E-state index in [1.165, 1.54) is 19.2 Å². The zero-order chi connectivity index (χ0) is 16.1. The number of hydrogen-bond donors (Lipinski definition) is 3. The second-order valence-corrected chi connectivity index (χ2v) is 5.23. The highest BCUT2D eigenvalue weighted by Gasteiger charge is 2.10. The van der Waals surface area contributed by atoms with Gasteiger partial charge in [0.05, 0.1) is 18.2 Å². The van der Waals surface area contributed by atoms with Crippen molar-refractivity contribution in [1.82, 2.24) is 5.32 Å². The minimum Gasteiger partial charge on any atom is -0.504 e. The summed E-state index contributed by atoms with van der Waals surface area (Å²) in [7, 11) is 1.48. The minimum absolute atomic E-state index is 0.0256. The molecule has 3 N–H and O–H groups in total. The molecule has 2 aromatic carbocycles. The quantitative estimate of drug-likeness (QED) is 0.764. The van der Waals surface area contributed by atoms with E-state index in [0.717, 1.165) is 5.56 Å². The van der Waals surface area contributed by atoms with E-state index in [1.807, 2.05) is 0 Å². The van der Waals surface area contributed by atoms with Crippen LogP contribution >= 0.6 is 11.6 Å². The Hall–Kier alpha value is -1.82. The Kier molecular flexibility index (Phi) is 5.60. The monoisotopic (exact) mass is 325 g/mol. The lowest BCUT2D eigenvalue weighted by molar-refractivity contribution is 0.174. The molecule has 0 aliphatic rings. The maximum atomic E-state index is 13.3. The number of hydrogen-bond acceptors (Lipinski definition) is 4. The average Bonchev–Trinajstić information content (AvgIpc) is 2.50. The van der Waals surface area contributed by atoms with Crippen molar-refractivity contribution in [1.29, 1.82) is 0 Å². The molecule has 0 aliphatic carbocycles. The first-order valence-electron chi connectivity index (χ1n) is 6.71. The summed E-state index contributed by atoms with van der Waals surface area (Å²) in [5.74, 6) is -0.0964. The number of ether oxygens (including phenoxy) is 1. The topological polar surface area (TPSA) is 61.7 Å². The number of rotatable bonds is 6. The van der Waals surface area contributed by atoms with Crippen LogP contribution in [0.4, 0.5) is 4.39 Å². The maximum Gasteiger partial charge on any atom is 0.160 e. The maximum absolute atomic E-state index is 13.3. The van der Waals surface area contributed by atoms with Gasteiger partial charge in [0.1, 0.15) is 5.82 Å². The Morgan fingerprint density at radius 1 is 1.27 bits per heavy atom. The Balaban J connectivity index is 1.90. The lowest BCUT2D eigenvalue weighted by Gasteiger charge is -2.13. The molecule has 0 spiro atoms. The highest BCUT2D eigenvalue weighted by molar-refractivity contribution is 6.30. The molecule has 0 amide bonds. The predicted molar refractivity (Wildman–Crippen MR) is 82.7 cm³/mol. The van der Waals surface area contributed by atoms with Gasteiger partial charge in [0.15, 0.2) is 11.5 Å². The van der Waals surface area contributed by atoms with Gasteiger partial charge in [0.25, 0.3) is 0 Å². The summed E-state index contributed by atoms with van der Waals surface area (Å²) >= 11 is 5.60. The van der Waals surface area contributed by atoms with Gasteiger partial charge in [-0.25, -0.2) is 4.39 Å². The molecule has 0 heterocycles. The normalized spacial score (nSPS) is 12.2. The largest absolute Gasteiger partial charge is 0.504 e. The molecule has 2 rings (SSSR count). The zero-order valence-electron chi connectivity index (χ0n) is 12.0. The first kappa shape index (κ1) is 16.5. The molecule has 0 saturated carbocycles. The summed E-state index contributed by atoms with van der Waals surface area (Å²) in [5, 5.41) is 22.8. The summed E-state index contributed by atoms with van der Waals surface area (Å²) in [4.78, 5) is 0. The Bertz CT molecular complexity index is 651. The van der Waals surface area contributed by atoms with Crippen LogP contribution in [0.25, 0.3) is 0 Å². The highest BCUT2D eigenvalue weighted by Crippen LogP contribution is 2.26. The van der Waals surface area contributed by atoms with E-state index < -0.39 is 11.9 Å². The fourth-order valence-electron chi connectivity index (χ4n) is 2.04. The number of methoxy groups -OCH3 is 1. The first-order chi connectivity index (χ1) is 10.5. The Morgan fingerprint density at radius 2 is 2.05 bits per heavy atom. The smallest absolute Gasteiger partial charge is 0.160 e. The second kappa shape index (κ2) is 7.45. The van der Waals surface area contributed by atoms with Crippen LogP contribution in [0.1, 0.15) is 17.2 Å². The minimum atomic E-state index is -0.849. The van der Waals surface area contributed by atoms with Crippen molar-refractivity contribution in [2.75, 3.05) is 13.7 Å². The van der Waals surface area contributed by atoms with Gasteiger partial charge in [0.2, 0.25) is 0 Å². The SMILES string of the molecule is COc1ccc(CNCC(O)c2ccc(Cl)c(F)c2)cc1O. The third kappa shape index (κ3) is 4.10. The molecule has 6 heteroatoms. The Morgan fingerprint density at radius 3 is 2.68 bits per heavy atom. The van der Waals surface area contributed by atoms with Crippen LogP contribution in [0.2, 0.25) is 5.02 Å². The first-order valence-corrected chi connectivity index (χ1v) is 7.08. The molecule has 2 aromatic rings. The van der Waals surface area contributed by atoms with Gasteiger partial charge in [-0.05, 0) is 35.4 Å². The van der Waals surface area contributed by atoms with Crippen molar-refractivity contribution < 1.29 is 19.3 Å². The van der Waals surface area contributed by atoms with Gasteiger partial charge in [-0.2, -0.15) is 0 Å². The number of aromatic hydroxyl groups is 1. The van der Waals surface area contributed by atoms with E-state index >= 15 is 0 Å². The van der Waals surface area contributed by atoms with Crippen molar-refractivity contribution in [3.63, 3.8) is 0 Å². The molecule has 4 nitrogen and oxygen atoms in total. The predicted octanol–water partition coefficient (Wildman–Crippen LogP) is 3.02. The standard InChI is InChI=1S/C16H17ClFNO3/c1-22-16-5-2-10(6-14(16)20)8-19-9-15(21)11-3-4-12(17)13(18)7-11/h2-7,15,19-21H,8-9H2,1H3. The molecule has 1 atom stereocenters. The van der Waals surface area contributed by atoms with Gasteiger partial charge >= 0.3 is 0 Å². The number of aliphatic hydroxyl groups is 1. The number of benzene rings is 2. The van der Waals surface area contributed by atoms with Crippen LogP contribution < -0.4 is 10.1 Å². The number of aliphatic hydroxyl groups excluding tert-OH is 1. The number of phenolic OH excluding ortho intramolecular Hbond substituents is 1. The van der Waals surface area contributed by atoms with Gasteiger partial charge < -0.3 is 20.3 Å². The van der Waals surface area contributed by atoms with Gasteiger partial charge in [-0.1, -0.05) is 23.7 Å². The fourth-order valence-corrected chi connectivity index (χ4v) is 2.15. The van der Waals surface area contributed by atoms with Gasteiger partial charge in [-0.15, -0.1) is 0 Å². The second-order valence-electron chi connectivity index (χ2n) is 4.83. The van der Waals surface area contributed by atoms with Crippen LogP contribution in [-0.2, 0) is 6.54 Å². The molecule has 1 unspecified atom stereocenters. The Labute approximate surface area is 133 Å². The van der Waals surface area contributed by atoms with Gasteiger partial charge in [-0.3, -0.25) is 0 Å². The average molecular weight is 326 g/mol. The van der Waals surface area contributed by atoms with Crippen LogP contribution in [-0.4, -0.2) is 23.9 Å². The molecule has 22 heavy (non-hydrogen) atoms. The molecule has 118 valence electrons. The van der Waals surface area contributed by atoms with Crippen molar-refractivity contribution >= 4 is 11.6 Å². The fraction of sp³-hybridized carbons (Fsp3) is 0.250. The molecular formula is C16H17ClFNO3. The third-order valence-corrected chi connectivity index (χ3v) is 3.55. The lowest BCUT2D eigenvalue weighted by Crippen LogP contribution is -2.21. The van der Waals surface area contributed by atoms with E-state index in [4.69, 9.17) is 16.3 Å². The molecule has 0 radical (unpaired) electrons. The highest BCUT2D eigenvalue weighted by atomic mass is 35.5. The summed E-state index contributed by atoms with van der Waals surface area (Å²) < 4.78 is 18.3. The lowest BCUT2D eigenvalue weighted by atomic mass is 10.1. The van der Waals surface area contributed by atoms with Crippen molar-refractivity contribution in [3.8, 4) is 11.5 Å². The van der Waals surface area contributed by atoms with Crippen molar-refractivity contribution in [2.45, 2.75) is 12.6 Å². The van der Waals surface area contributed by atoms with E-state index in [0.29, 0.717) is 17.9 Å². The summed E-state index contributed by atoms with van der Waals surface area (Å²) in [6.45, 7) is 0.693. The number of nitrogens with one attached hydrogen (secondary N) is 1. The van der Waals surface area contributed by atoms with E-state index in [9.17, 15) is 14.6 Å². The molecule has 0 saturated heterocycles.